The number of nitrogens with one attached hydrogen (secondary N) is 2. The molecule has 3 rings (SSSR count). The molecule has 2 saturated heterocycles. The van der Waals surface area contributed by atoms with Crippen molar-refractivity contribution < 1.29 is 9.59 Å². The zero-order valence-electron chi connectivity index (χ0n) is 18.7. The van der Waals surface area contributed by atoms with E-state index in [2.05, 4.69) is 34.6 Å². The van der Waals surface area contributed by atoms with Crippen molar-refractivity contribution in [1.82, 2.24) is 20.4 Å². The molecule has 8 heteroatoms. The van der Waals surface area contributed by atoms with Crippen molar-refractivity contribution in [2.75, 3.05) is 33.2 Å². The molecule has 0 bridgehead atoms. The highest BCUT2D eigenvalue weighted by Crippen LogP contribution is 2.21. The van der Waals surface area contributed by atoms with Crippen LogP contribution in [0.1, 0.15) is 50.2 Å². The van der Waals surface area contributed by atoms with Gasteiger partial charge in [0.2, 0.25) is 11.8 Å². The lowest BCUT2D eigenvalue weighted by atomic mass is 9.93. The highest BCUT2D eigenvalue weighted by molar-refractivity contribution is 14.0. The van der Waals surface area contributed by atoms with Gasteiger partial charge in [-0.25, -0.2) is 4.99 Å². The van der Waals surface area contributed by atoms with Gasteiger partial charge in [0.15, 0.2) is 5.96 Å². The number of hydrogen-bond acceptors (Lipinski definition) is 3. The minimum Gasteiger partial charge on any atom is -0.359 e. The smallest absolute Gasteiger partial charge is 0.222 e. The van der Waals surface area contributed by atoms with E-state index in [1.165, 1.54) is 11.1 Å². The lowest BCUT2D eigenvalue weighted by Gasteiger charge is -2.34. The number of hydrogen-bond donors (Lipinski definition) is 2. The van der Waals surface area contributed by atoms with E-state index < -0.39 is 0 Å². The van der Waals surface area contributed by atoms with Gasteiger partial charge in [0.1, 0.15) is 0 Å². The van der Waals surface area contributed by atoms with Gasteiger partial charge in [-0.3, -0.25) is 9.59 Å². The Bertz CT molecular complexity index is 762. The normalized spacial score (nSPS) is 17.5. The Morgan fingerprint density at radius 3 is 2.48 bits per heavy atom. The number of nitrogens with zero attached hydrogens (tertiary/aromatic N) is 3. The van der Waals surface area contributed by atoms with E-state index in [1.807, 2.05) is 17.0 Å². The SMILES string of the molecule is CCNC(=NCc1ccccc1CN1CCCC1=O)N1CCC(CC(=O)NC)CC1.I. The minimum absolute atomic E-state index is 0. The molecule has 172 valence electrons. The van der Waals surface area contributed by atoms with Crippen LogP contribution in [0.2, 0.25) is 0 Å². The van der Waals surface area contributed by atoms with Crippen LogP contribution in [-0.2, 0) is 22.7 Å². The topological polar surface area (TPSA) is 77.0 Å². The molecule has 0 unspecified atom stereocenters. The van der Waals surface area contributed by atoms with Gasteiger partial charge in [0.05, 0.1) is 6.54 Å². The third-order valence-corrected chi connectivity index (χ3v) is 6.05. The second-order valence-electron chi connectivity index (χ2n) is 8.17. The summed E-state index contributed by atoms with van der Waals surface area (Å²) in [6.45, 7) is 6.85. The molecule has 2 N–H and O–H groups in total. The summed E-state index contributed by atoms with van der Waals surface area (Å²) >= 11 is 0. The molecule has 2 fully saturated rings. The van der Waals surface area contributed by atoms with E-state index >= 15 is 0 Å². The van der Waals surface area contributed by atoms with E-state index in [-0.39, 0.29) is 35.8 Å². The molecular weight excluding hydrogens is 505 g/mol. The number of guanidine groups is 1. The second kappa shape index (κ2) is 12.9. The minimum atomic E-state index is 0. The number of benzene rings is 1. The lowest BCUT2D eigenvalue weighted by Crippen LogP contribution is -2.46. The number of rotatable bonds is 7. The molecule has 0 spiro atoms. The highest BCUT2D eigenvalue weighted by Gasteiger charge is 2.23. The molecule has 0 radical (unpaired) electrons. The molecule has 31 heavy (non-hydrogen) atoms. The summed E-state index contributed by atoms with van der Waals surface area (Å²) in [5, 5.41) is 6.15. The van der Waals surface area contributed by atoms with Crippen LogP contribution >= 0.6 is 24.0 Å². The molecule has 2 aliphatic rings. The summed E-state index contributed by atoms with van der Waals surface area (Å²) < 4.78 is 0. The van der Waals surface area contributed by atoms with Gasteiger partial charge in [-0.05, 0) is 43.2 Å². The average molecular weight is 541 g/mol. The fourth-order valence-electron chi connectivity index (χ4n) is 4.24. The van der Waals surface area contributed by atoms with Gasteiger partial charge in [0.25, 0.3) is 0 Å². The van der Waals surface area contributed by atoms with Crippen molar-refractivity contribution in [3.63, 3.8) is 0 Å². The molecule has 2 amide bonds. The van der Waals surface area contributed by atoms with Crippen molar-refractivity contribution in [3.05, 3.63) is 35.4 Å². The van der Waals surface area contributed by atoms with Gasteiger partial charge < -0.3 is 20.4 Å². The van der Waals surface area contributed by atoms with E-state index in [0.29, 0.717) is 31.8 Å². The van der Waals surface area contributed by atoms with Crippen LogP contribution in [0.15, 0.2) is 29.3 Å². The maximum atomic E-state index is 12.0. The number of halogens is 1. The number of carbonyl (C=O) groups is 2. The lowest BCUT2D eigenvalue weighted by molar-refractivity contribution is -0.128. The number of aliphatic imine (C=N–C) groups is 1. The Kier molecular flexibility index (Phi) is 10.6. The molecule has 2 aliphatic heterocycles. The van der Waals surface area contributed by atoms with Gasteiger partial charge in [-0.1, -0.05) is 24.3 Å². The van der Waals surface area contributed by atoms with E-state index in [9.17, 15) is 9.59 Å². The molecule has 0 aliphatic carbocycles. The summed E-state index contributed by atoms with van der Waals surface area (Å²) in [6, 6.07) is 8.29. The predicted octanol–water partition coefficient (Wildman–Crippen LogP) is 2.74. The monoisotopic (exact) mass is 541 g/mol. The number of amides is 2. The second-order valence-corrected chi connectivity index (χ2v) is 8.17. The van der Waals surface area contributed by atoms with Crippen LogP contribution in [0, 0.1) is 5.92 Å². The molecule has 0 saturated carbocycles. The Balaban J connectivity index is 0.00000341. The number of piperidine rings is 1. The highest BCUT2D eigenvalue weighted by atomic mass is 127. The molecule has 0 aromatic heterocycles. The summed E-state index contributed by atoms with van der Waals surface area (Å²) in [6.07, 6.45) is 4.25. The average Bonchev–Trinajstić information content (AvgIpc) is 3.17. The van der Waals surface area contributed by atoms with Crippen LogP contribution < -0.4 is 10.6 Å². The van der Waals surface area contributed by atoms with Crippen molar-refractivity contribution in [3.8, 4) is 0 Å². The molecule has 7 nitrogen and oxygen atoms in total. The van der Waals surface area contributed by atoms with Gasteiger partial charge in [-0.2, -0.15) is 0 Å². The Labute approximate surface area is 203 Å². The standard InChI is InChI=1S/C23H35N5O2.HI/c1-3-25-23(27-13-10-18(11-14-27)15-21(29)24-2)26-16-19-7-4-5-8-20(19)17-28-12-6-9-22(28)30;/h4-5,7-8,18H,3,6,9-17H2,1-2H3,(H,24,29)(H,25,26);1H. The van der Waals surface area contributed by atoms with Crippen LogP contribution in [0.25, 0.3) is 0 Å². The third kappa shape index (κ3) is 7.36. The predicted molar refractivity (Wildman–Crippen MR) is 134 cm³/mol. The number of carbonyl (C=O) groups excluding carboxylic acids is 2. The van der Waals surface area contributed by atoms with Crippen molar-refractivity contribution in [2.24, 2.45) is 10.9 Å². The molecule has 1 aromatic rings. The summed E-state index contributed by atoms with van der Waals surface area (Å²) in [5.74, 6) is 1.76. The maximum Gasteiger partial charge on any atom is 0.222 e. The Hall–Kier alpha value is -1.84. The van der Waals surface area contributed by atoms with Crippen molar-refractivity contribution in [1.29, 1.82) is 0 Å². The Morgan fingerprint density at radius 2 is 1.87 bits per heavy atom. The first kappa shape index (κ1) is 25.4. The molecular formula is C23H36IN5O2. The Morgan fingerprint density at radius 1 is 1.16 bits per heavy atom. The van der Waals surface area contributed by atoms with Crippen LogP contribution in [0.3, 0.4) is 0 Å². The van der Waals surface area contributed by atoms with Crippen LogP contribution in [0.4, 0.5) is 0 Å². The molecule has 2 heterocycles. The van der Waals surface area contributed by atoms with Gasteiger partial charge in [0, 0.05) is 52.6 Å². The van der Waals surface area contributed by atoms with E-state index in [1.54, 1.807) is 7.05 Å². The summed E-state index contributed by atoms with van der Waals surface area (Å²) in [4.78, 5) is 32.8. The quantitative estimate of drug-likeness (QED) is 0.316. The molecule has 0 atom stereocenters. The first-order valence-electron chi connectivity index (χ1n) is 11.2. The van der Waals surface area contributed by atoms with Crippen molar-refractivity contribution in [2.45, 2.75) is 52.1 Å². The first-order chi connectivity index (χ1) is 14.6. The zero-order valence-corrected chi connectivity index (χ0v) is 21.1. The van der Waals surface area contributed by atoms with Crippen LogP contribution in [-0.4, -0.2) is 60.8 Å². The summed E-state index contributed by atoms with van der Waals surface area (Å²) in [5.41, 5.74) is 2.35. The fourth-order valence-corrected chi connectivity index (χ4v) is 4.24. The fraction of sp³-hybridized carbons (Fsp3) is 0.609. The molecule has 1 aromatic carbocycles. The van der Waals surface area contributed by atoms with E-state index in [0.717, 1.165) is 51.4 Å². The van der Waals surface area contributed by atoms with Crippen LogP contribution in [0.5, 0.6) is 0 Å². The zero-order chi connectivity index (χ0) is 21.3. The van der Waals surface area contributed by atoms with Crippen molar-refractivity contribution >= 4 is 41.8 Å². The largest absolute Gasteiger partial charge is 0.359 e. The van der Waals surface area contributed by atoms with Gasteiger partial charge >= 0.3 is 0 Å². The van der Waals surface area contributed by atoms with E-state index in [4.69, 9.17) is 4.99 Å². The van der Waals surface area contributed by atoms with Gasteiger partial charge in [-0.15, -0.1) is 24.0 Å². The third-order valence-electron chi connectivity index (χ3n) is 6.05. The first-order valence-corrected chi connectivity index (χ1v) is 11.2. The number of likely N-dealkylation sites (tertiary alicyclic amines) is 2. The summed E-state index contributed by atoms with van der Waals surface area (Å²) in [7, 11) is 1.70. The maximum absolute atomic E-state index is 12.0.